The number of rotatable bonds is 15. The predicted octanol–water partition coefficient (Wildman–Crippen LogP) is 3.30. The van der Waals surface area contributed by atoms with Crippen molar-refractivity contribution in [2.24, 2.45) is 5.41 Å². The Labute approximate surface area is 219 Å². The summed E-state index contributed by atoms with van der Waals surface area (Å²) < 4.78 is 31.6. The second-order valence-electron chi connectivity index (χ2n) is 8.73. The van der Waals surface area contributed by atoms with Crippen LogP contribution in [0.3, 0.4) is 0 Å². The van der Waals surface area contributed by atoms with Crippen molar-refractivity contribution in [3.8, 4) is 0 Å². The minimum Gasteiger partial charge on any atom is -0.369 e. The molecule has 37 heavy (non-hydrogen) atoms. The molecule has 1 aromatic carbocycles. The van der Waals surface area contributed by atoms with E-state index in [-0.39, 0.29) is 49.7 Å². The fourth-order valence-electron chi connectivity index (χ4n) is 2.99. The number of anilines is 1. The number of imidazole rings is 1. The van der Waals surface area contributed by atoms with Crippen LogP contribution < -0.4 is 16.4 Å². The van der Waals surface area contributed by atoms with Gasteiger partial charge in [-0.05, 0) is 12.0 Å². The first-order chi connectivity index (χ1) is 17.6. The van der Waals surface area contributed by atoms with Gasteiger partial charge in [0.2, 0.25) is 5.95 Å². The summed E-state index contributed by atoms with van der Waals surface area (Å²) in [6.45, 7) is 6.18. The topological polar surface area (TPSA) is 163 Å². The highest BCUT2D eigenvalue weighted by atomic mass is 32.2. The number of carbonyl (C=O) groups is 1. The van der Waals surface area contributed by atoms with Gasteiger partial charge in [-0.2, -0.15) is 4.98 Å². The summed E-state index contributed by atoms with van der Waals surface area (Å²) in [5, 5.41) is 2.93. The summed E-state index contributed by atoms with van der Waals surface area (Å²) in [5.41, 5.74) is 6.09. The summed E-state index contributed by atoms with van der Waals surface area (Å²) in [5.74, 6) is 0.325. The minimum atomic E-state index is -3.69. The molecule has 14 heteroatoms. The lowest BCUT2D eigenvalue weighted by Gasteiger charge is -2.21. The fraction of sp³-hybridized carbons (Fsp3) is 0.478. The summed E-state index contributed by atoms with van der Waals surface area (Å²) in [6, 6.07) is 9.44. The molecule has 2 aromatic heterocycles. The molecule has 0 saturated heterocycles. The first-order valence-corrected chi connectivity index (χ1v) is 14.3. The molecule has 0 saturated carbocycles. The van der Waals surface area contributed by atoms with Gasteiger partial charge in [0.1, 0.15) is 6.73 Å². The highest BCUT2D eigenvalue weighted by molar-refractivity contribution is 8.13. The smallest absolute Gasteiger partial charge is 0.369 e. The summed E-state index contributed by atoms with van der Waals surface area (Å²) in [4.78, 5) is 34.7. The van der Waals surface area contributed by atoms with Crippen LogP contribution in [0.25, 0.3) is 11.2 Å². The van der Waals surface area contributed by atoms with Crippen LogP contribution in [0.4, 0.5) is 5.95 Å². The molecule has 0 aliphatic carbocycles. The van der Waals surface area contributed by atoms with E-state index in [1.54, 1.807) is 0 Å². The number of hydrogen-bond acceptors (Lipinski definition) is 10. The van der Waals surface area contributed by atoms with Crippen LogP contribution in [0, 0.1) is 5.41 Å². The molecule has 0 amide bonds. The maximum absolute atomic E-state index is 13.3. The molecule has 0 radical (unpaired) electrons. The predicted molar refractivity (Wildman–Crippen MR) is 143 cm³/mol. The summed E-state index contributed by atoms with van der Waals surface area (Å²) in [7, 11) is -3.69. The number of H-pyrrole nitrogens is 1. The third-order valence-corrected chi connectivity index (χ3v) is 8.32. The molecule has 4 N–H and O–H groups in total. The molecule has 0 aliphatic rings. The Morgan fingerprint density at radius 1 is 1.22 bits per heavy atom. The molecule has 0 spiro atoms. The number of nitrogens with zero attached hydrogens (tertiary/aromatic N) is 3. The van der Waals surface area contributed by atoms with E-state index in [4.69, 9.17) is 19.5 Å². The van der Waals surface area contributed by atoms with E-state index in [9.17, 15) is 14.2 Å². The molecule has 0 bridgehead atoms. The zero-order chi connectivity index (χ0) is 26.9. The highest BCUT2D eigenvalue weighted by Gasteiger charge is 2.27. The Hall–Kier alpha value is -2.54. The van der Waals surface area contributed by atoms with E-state index < -0.39 is 18.7 Å². The Balaban J connectivity index is 1.51. The van der Waals surface area contributed by atoms with Gasteiger partial charge in [-0.15, -0.1) is 0 Å². The van der Waals surface area contributed by atoms with Gasteiger partial charge < -0.3 is 10.5 Å². The van der Waals surface area contributed by atoms with E-state index in [0.29, 0.717) is 11.4 Å². The SMILES string of the molecule is CCC(C)(C)C(=O)SCCOP(=O)(NCc1ccccc1)OCCOCn1cnc2c(=O)[nH]c(N)nc21. The number of nitrogen functional groups attached to an aromatic ring is 1. The third kappa shape index (κ3) is 8.49. The van der Waals surface area contributed by atoms with E-state index in [0.717, 1.165) is 23.7 Å². The normalized spacial score (nSPS) is 13.6. The quantitative estimate of drug-likeness (QED) is 0.187. The number of benzene rings is 1. The number of nitrogens with two attached hydrogens (primary N) is 1. The summed E-state index contributed by atoms with van der Waals surface area (Å²) >= 11 is 1.16. The van der Waals surface area contributed by atoms with Crippen LogP contribution in [-0.2, 0) is 36.4 Å². The molecule has 1 unspecified atom stereocenters. The minimum absolute atomic E-state index is 0.0247. The average molecular weight is 553 g/mol. The molecule has 0 fully saturated rings. The average Bonchev–Trinajstić information content (AvgIpc) is 3.28. The number of thioether (sulfide) groups is 1. The van der Waals surface area contributed by atoms with Crippen molar-refractivity contribution >= 4 is 41.7 Å². The fourth-order valence-corrected chi connectivity index (χ4v) is 5.28. The zero-order valence-electron chi connectivity index (χ0n) is 21.1. The molecule has 0 aliphatic heterocycles. The largest absolute Gasteiger partial charge is 0.405 e. The Morgan fingerprint density at radius 2 is 1.95 bits per heavy atom. The van der Waals surface area contributed by atoms with E-state index in [1.165, 1.54) is 10.9 Å². The monoisotopic (exact) mass is 552 g/mol. The van der Waals surface area contributed by atoms with Crippen molar-refractivity contribution in [2.75, 3.05) is 31.3 Å². The van der Waals surface area contributed by atoms with Crippen molar-refractivity contribution in [3.63, 3.8) is 0 Å². The van der Waals surface area contributed by atoms with Gasteiger partial charge in [0.15, 0.2) is 16.3 Å². The van der Waals surface area contributed by atoms with Gasteiger partial charge in [-0.3, -0.25) is 28.2 Å². The van der Waals surface area contributed by atoms with E-state index in [1.807, 2.05) is 51.1 Å². The van der Waals surface area contributed by atoms with Gasteiger partial charge in [-0.1, -0.05) is 62.9 Å². The number of aromatic amines is 1. The van der Waals surface area contributed by atoms with Crippen LogP contribution in [0.5, 0.6) is 0 Å². The summed E-state index contributed by atoms with van der Waals surface area (Å²) in [6.07, 6.45) is 2.15. The van der Waals surface area contributed by atoms with Crippen molar-refractivity contribution in [1.82, 2.24) is 24.6 Å². The molecular formula is C23H33N6O6PS. The van der Waals surface area contributed by atoms with Crippen LogP contribution in [0.15, 0.2) is 41.5 Å². The second kappa shape index (κ2) is 13.3. The number of ether oxygens (including phenoxy) is 1. The zero-order valence-corrected chi connectivity index (χ0v) is 22.8. The van der Waals surface area contributed by atoms with Crippen LogP contribution in [-0.4, -0.2) is 50.2 Å². The molecule has 12 nitrogen and oxygen atoms in total. The van der Waals surface area contributed by atoms with Gasteiger partial charge in [-0.25, -0.2) is 14.6 Å². The molecule has 2 heterocycles. The van der Waals surface area contributed by atoms with Crippen molar-refractivity contribution in [1.29, 1.82) is 0 Å². The number of aromatic nitrogens is 4. The Kier molecular flexibility index (Phi) is 10.4. The van der Waals surface area contributed by atoms with Gasteiger partial charge in [0.25, 0.3) is 5.56 Å². The first kappa shape index (κ1) is 29.0. The third-order valence-electron chi connectivity index (χ3n) is 5.55. The number of nitrogens with one attached hydrogen (secondary N) is 2. The molecule has 1 atom stereocenters. The Morgan fingerprint density at radius 3 is 2.68 bits per heavy atom. The van der Waals surface area contributed by atoms with Crippen LogP contribution >= 0.6 is 19.5 Å². The molecule has 3 rings (SSSR count). The first-order valence-electron chi connectivity index (χ1n) is 11.8. The van der Waals surface area contributed by atoms with Crippen LogP contribution in [0.2, 0.25) is 0 Å². The van der Waals surface area contributed by atoms with E-state index in [2.05, 4.69) is 20.0 Å². The molecular weight excluding hydrogens is 519 g/mol. The number of fused-ring (bicyclic) bond motifs is 1. The van der Waals surface area contributed by atoms with Crippen LogP contribution in [0.1, 0.15) is 32.8 Å². The van der Waals surface area contributed by atoms with Crippen molar-refractivity contribution in [2.45, 2.75) is 40.5 Å². The maximum atomic E-state index is 13.3. The standard InChI is InChI=1S/C23H33N6O6PS/c1-4-23(2,3)21(31)37-13-12-35-36(32,26-14-17-8-6-5-7-9-17)34-11-10-33-16-29-15-25-18-19(29)27-22(24)28-20(18)30/h5-9,15H,4,10-14,16H2,1-3H3,(H,26,32)(H3,24,27,28,30). The van der Waals surface area contributed by atoms with E-state index >= 15 is 0 Å². The molecule has 3 aromatic rings. The highest BCUT2D eigenvalue weighted by Crippen LogP contribution is 2.44. The lowest BCUT2D eigenvalue weighted by molar-refractivity contribution is -0.118. The second-order valence-corrected chi connectivity index (χ2v) is 11.6. The lowest BCUT2D eigenvalue weighted by Crippen LogP contribution is -2.21. The Bertz CT molecular complexity index is 1280. The maximum Gasteiger partial charge on any atom is 0.405 e. The lowest BCUT2D eigenvalue weighted by atomic mass is 9.92. The number of hydrogen-bond donors (Lipinski definition) is 3. The molecule has 202 valence electrons. The van der Waals surface area contributed by atoms with Gasteiger partial charge in [0, 0.05) is 17.7 Å². The van der Waals surface area contributed by atoms with Gasteiger partial charge in [0.05, 0.1) is 26.1 Å². The van der Waals surface area contributed by atoms with Crippen molar-refractivity contribution < 1.29 is 23.1 Å². The van der Waals surface area contributed by atoms with Crippen molar-refractivity contribution in [3.05, 3.63) is 52.6 Å². The number of carbonyl (C=O) groups excluding carboxylic acids is 1. The van der Waals surface area contributed by atoms with Gasteiger partial charge >= 0.3 is 7.75 Å².